The van der Waals surface area contributed by atoms with Crippen molar-refractivity contribution >= 4 is 5.91 Å². The number of likely N-dealkylation sites (tertiary alicyclic amines) is 1. The fourth-order valence-corrected chi connectivity index (χ4v) is 2.23. The maximum atomic E-state index is 12.8. The highest BCUT2D eigenvalue weighted by molar-refractivity contribution is 5.79. The topological polar surface area (TPSA) is 44.1 Å². The fraction of sp³-hybridized carbons (Fsp3) is 0.385. The fourth-order valence-electron chi connectivity index (χ4n) is 2.23. The van der Waals surface area contributed by atoms with Gasteiger partial charge in [-0.25, -0.2) is 0 Å². The first-order valence-electron chi connectivity index (χ1n) is 5.68. The third-order valence-electron chi connectivity index (χ3n) is 3.28. The second-order valence-electron chi connectivity index (χ2n) is 4.59. The standard InChI is InChI=1S/C13H11F3N2O/c1-18-7-10(5-12(18)19)8-2-3-9(6-17)11(4-8)13(14,15)16/h2-4,10H,5,7H2,1H3/t10-/m1/s1. The number of nitriles is 1. The van der Waals surface area contributed by atoms with Crippen LogP contribution in [0.3, 0.4) is 0 Å². The Bertz CT molecular complexity index is 560. The van der Waals surface area contributed by atoms with Gasteiger partial charge in [0.25, 0.3) is 0 Å². The summed E-state index contributed by atoms with van der Waals surface area (Å²) in [6.45, 7) is 0.405. The third kappa shape index (κ3) is 2.55. The number of alkyl halides is 3. The van der Waals surface area contributed by atoms with Gasteiger partial charge >= 0.3 is 6.18 Å². The molecule has 6 heteroatoms. The predicted octanol–water partition coefficient (Wildman–Crippen LogP) is 2.52. The molecule has 0 unspecified atom stereocenters. The van der Waals surface area contributed by atoms with Crippen LogP contribution in [-0.4, -0.2) is 24.4 Å². The Morgan fingerprint density at radius 3 is 2.58 bits per heavy atom. The number of hydrogen-bond donors (Lipinski definition) is 0. The number of hydrogen-bond acceptors (Lipinski definition) is 2. The van der Waals surface area contributed by atoms with Crippen molar-refractivity contribution < 1.29 is 18.0 Å². The molecular formula is C13H11F3N2O. The summed E-state index contributed by atoms with van der Waals surface area (Å²) in [6, 6.07) is 5.18. The van der Waals surface area contributed by atoms with Crippen molar-refractivity contribution in [3.63, 3.8) is 0 Å². The van der Waals surface area contributed by atoms with Gasteiger partial charge in [-0.05, 0) is 17.7 Å². The van der Waals surface area contributed by atoms with E-state index >= 15 is 0 Å². The van der Waals surface area contributed by atoms with Gasteiger partial charge in [-0.1, -0.05) is 6.07 Å². The molecule has 1 fully saturated rings. The van der Waals surface area contributed by atoms with Gasteiger partial charge in [-0.3, -0.25) is 4.79 Å². The Hall–Kier alpha value is -2.03. The minimum absolute atomic E-state index is 0.0806. The lowest BCUT2D eigenvalue weighted by Gasteiger charge is -2.14. The average Bonchev–Trinajstić information content (AvgIpc) is 2.68. The molecule has 0 radical (unpaired) electrons. The highest BCUT2D eigenvalue weighted by Crippen LogP contribution is 2.35. The van der Waals surface area contributed by atoms with E-state index in [1.807, 2.05) is 0 Å². The first-order chi connectivity index (χ1) is 8.82. The van der Waals surface area contributed by atoms with Gasteiger partial charge in [0.2, 0.25) is 5.91 Å². The van der Waals surface area contributed by atoms with E-state index in [-0.39, 0.29) is 18.2 Å². The van der Waals surface area contributed by atoms with Crippen LogP contribution in [0.25, 0.3) is 0 Å². The lowest BCUT2D eigenvalue weighted by molar-refractivity contribution is -0.137. The van der Waals surface area contributed by atoms with Crippen molar-refractivity contribution in [1.82, 2.24) is 4.90 Å². The van der Waals surface area contributed by atoms with Crippen molar-refractivity contribution in [2.24, 2.45) is 0 Å². The van der Waals surface area contributed by atoms with Crippen LogP contribution in [0.1, 0.15) is 29.0 Å². The van der Waals surface area contributed by atoms with Gasteiger partial charge < -0.3 is 4.90 Å². The Morgan fingerprint density at radius 1 is 1.42 bits per heavy atom. The number of nitrogens with zero attached hydrogens (tertiary/aromatic N) is 2. The summed E-state index contributed by atoms with van der Waals surface area (Å²) in [4.78, 5) is 12.9. The van der Waals surface area contributed by atoms with Crippen molar-refractivity contribution in [3.05, 3.63) is 34.9 Å². The normalized spacial score (nSPS) is 19.6. The number of halogens is 3. The molecule has 0 bridgehead atoms. The Kier molecular flexibility index (Phi) is 3.23. The second-order valence-corrected chi connectivity index (χ2v) is 4.59. The zero-order valence-corrected chi connectivity index (χ0v) is 10.2. The first-order valence-corrected chi connectivity index (χ1v) is 5.68. The minimum Gasteiger partial charge on any atom is -0.345 e. The lowest BCUT2D eigenvalue weighted by atomic mass is 9.94. The van der Waals surface area contributed by atoms with Gasteiger partial charge in [0, 0.05) is 25.9 Å². The quantitative estimate of drug-likeness (QED) is 0.785. The molecule has 0 N–H and O–H groups in total. The summed E-state index contributed by atoms with van der Waals surface area (Å²) in [7, 11) is 1.62. The first kappa shape index (κ1) is 13.4. The Balaban J connectivity index is 2.40. The molecule has 0 saturated carbocycles. The molecule has 1 aromatic rings. The highest BCUT2D eigenvalue weighted by atomic mass is 19.4. The van der Waals surface area contributed by atoms with Crippen molar-refractivity contribution in [2.75, 3.05) is 13.6 Å². The van der Waals surface area contributed by atoms with E-state index in [4.69, 9.17) is 5.26 Å². The van der Waals surface area contributed by atoms with Crippen molar-refractivity contribution in [1.29, 1.82) is 5.26 Å². The smallest absolute Gasteiger partial charge is 0.345 e. The van der Waals surface area contributed by atoms with Crippen LogP contribution in [0, 0.1) is 11.3 Å². The summed E-state index contributed by atoms with van der Waals surface area (Å²) in [5.74, 6) is -0.325. The van der Waals surface area contributed by atoms with E-state index in [1.54, 1.807) is 13.1 Å². The molecule has 1 heterocycles. The SMILES string of the molecule is CN1C[C@H](c2ccc(C#N)c(C(F)(F)F)c2)CC1=O. The Morgan fingerprint density at radius 2 is 2.11 bits per heavy atom. The summed E-state index contributed by atoms with van der Waals surface area (Å²) >= 11 is 0. The van der Waals surface area contributed by atoms with Gasteiger partial charge in [0.1, 0.15) is 0 Å². The molecule has 2 rings (SSSR count). The van der Waals surface area contributed by atoms with Gasteiger partial charge in [0.05, 0.1) is 17.2 Å². The minimum atomic E-state index is -4.56. The molecule has 19 heavy (non-hydrogen) atoms. The third-order valence-corrected chi connectivity index (χ3v) is 3.28. The predicted molar refractivity (Wildman–Crippen MR) is 61.2 cm³/mol. The van der Waals surface area contributed by atoms with Gasteiger partial charge in [-0.15, -0.1) is 0 Å². The lowest BCUT2D eigenvalue weighted by Crippen LogP contribution is -2.18. The largest absolute Gasteiger partial charge is 0.417 e. The van der Waals surface area contributed by atoms with Crippen LogP contribution < -0.4 is 0 Å². The molecular weight excluding hydrogens is 257 g/mol. The van der Waals surface area contributed by atoms with E-state index in [1.165, 1.54) is 17.0 Å². The monoisotopic (exact) mass is 268 g/mol. The number of likely N-dealkylation sites (N-methyl/N-ethyl adjacent to an activating group) is 1. The van der Waals surface area contributed by atoms with E-state index in [9.17, 15) is 18.0 Å². The molecule has 0 aliphatic carbocycles. The average molecular weight is 268 g/mol. The molecule has 1 aliphatic heterocycles. The molecule has 100 valence electrons. The van der Waals surface area contributed by atoms with Crippen molar-refractivity contribution in [3.8, 4) is 6.07 Å². The molecule has 1 aromatic carbocycles. The van der Waals surface area contributed by atoms with Crippen LogP contribution >= 0.6 is 0 Å². The van der Waals surface area contributed by atoms with Crippen molar-refractivity contribution in [2.45, 2.75) is 18.5 Å². The van der Waals surface area contributed by atoms with E-state index < -0.39 is 17.3 Å². The maximum absolute atomic E-state index is 12.8. The molecule has 0 spiro atoms. The molecule has 1 saturated heterocycles. The molecule has 0 aromatic heterocycles. The molecule has 3 nitrogen and oxygen atoms in total. The number of amides is 1. The highest BCUT2D eigenvalue weighted by Gasteiger charge is 2.35. The summed E-state index contributed by atoms with van der Waals surface area (Å²) in [5.41, 5.74) is -0.882. The van der Waals surface area contributed by atoms with Gasteiger partial charge in [0.15, 0.2) is 0 Å². The Labute approximate surface area is 108 Å². The maximum Gasteiger partial charge on any atom is 0.417 e. The number of carbonyl (C=O) groups is 1. The van der Waals surface area contributed by atoms with Crippen LogP contribution in [-0.2, 0) is 11.0 Å². The molecule has 1 amide bonds. The zero-order valence-electron chi connectivity index (χ0n) is 10.2. The van der Waals surface area contributed by atoms with E-state index in [0.29, 0.717) is 12.1 Å². The summed E-state index contributed by atoms with van der Waals surface area (Å²) in [5, 5.41) is 8.71. The van der Waals surface area contributed by atoms with E-state index in [2.05, 4.69) is 0 Å². The number of carbonyl (C=O) groups excluding carboxylic acids is 1. The van der Waals surface area contributed by atoms with Crippen LogP contribution in [0.15, 0.2) is 18.2 Å². The van der Waals surface area contributed by atoms with Crippen LogP contribution in [0.5, 0.6) is 0 Å². The van der Waals surface area contributed by atoms with Crippen LogP contribution in [0.4, 0.5) is 13.2 Å². The second kappa shape index (κ2) is 4.57. The van der Waals surface area contributed by atoms with Crippen LogP contribution in [0.2, 0.25) is 0 Å². The summed E-state index contributed by atoms with van der Waals surface area (Å²) < 4.78 is 38.5. The number of benzene rings is 1. The van der Waals surface area contributed by atoms with E-state index in [0.717, 1.165) is 6.07 Å². The number of rotatable bonds is 1. The van der Waals surface area contributed by atoms with Gasteiger partial charge in [-0.2, -0.15) is 18.4 Å². The molecule has 1 aliphatic rings. The summed E-state index contributed by atoms with van der Waals surface area (Å²) in [6.07, 6.45) is -4.35. The zero-order chi connectivity index (χ0) is 14.2. The molecule has 1 atom stereocenters.